The molecule has 2 unspecified atom stereocenters. The predicted molar refractivity (Wildman–Crippen MR) is 47.5 cm³/mol. The van der Waals surface area contributed by atoms with E-state index < -0.39 is 16.8 Å². The maximum atomic E-state index is 12.0. The van der Waals surface area contributed by atoms with Crippen molar-refractivity contribution in [2.75, 3.05) is 0 Å². The zero-order valence-corrected chi connectivity index (χ0v) is 8.80. The number of carbonyl (C=O) groups is 1. The van der Waals surface area contributed by atoms with Gasteiger partial charge in [0.05, 0.1) is 6.10 Å². The number of rotatable bonds is 0. The van der Waals surface area contributed by atoms with Crippen molar-refractivity contribution >= 4 is 5.78 Å². The molecule has 2 aliphatic rings. The largest absolute Gasteiger partial charge is 0.358 e. The highest BCUT2D eigenvalue weighted by Gasteiger charge is 2.77. The van der Waals surface area contributed by atoms with E-state index in [1.807, 2.05) is 20.8 Å². The fourth-order valence-electron chi connectivity index (χ4n) is 2.60. The van der Waals surface area contributed by atoms with Crippen molar-refractivity contribution < 1.29 is 14.3 Å². The van der Waals surface area contributed by atoms with Crippen molar-refractivity contribution in [1.82, 2.24) is 0 Å². The quantitative estimate of drug-likeness (QED) is 0.533. The van der Waals surface area contributed by atoms with Crippen molar-refractivity contribution in [2.45, 2.75) is 57.5 Å². The van der Waals surface area contributed by atoms with E-state index in [2.05, 4.69) is 0 Å². The summed E-state index contributed by atoms with van der Waals surface area (Å²) in [6.07, 6.45) is -0.00299. The lowest BCUT2D eigenvalue weighted by Gasteiger charge is -2.23. The standard InChI is InChI=1S/C10H16O3/c1-6-10(12-6)7(11)8(2,3)13-9(10,4)5/h6H,1-5H3. The van der Waals surface area contributed by atoms with Gasteiger partial charge in [0.25, 0.3) is 0 Å². The summed E-state index contributed by atoms with van der Waals surface area (Å²) >= 11 is 0. The normalized spacial score (nSPS) is 45.6. The Bertz CT molecular complexity index is 280. The first kappa shape index (κ1) is 9.16. The molecular weight excluding hydrogens is 168 g/mol. The van der Waals surface area contributed by atoms with Gasteiger partial charge in [0.15, 0.2) is 5.60 Å². The summed E-state index contributed by atoms with van der Waals surface area (Å²) in [5.74, 6) is 0.0810. The molecule has 3 heteroatoms. The van der Waals surface area contributed by atoms with Crippen molar-refractivity contribution in [3.05, 3.63) is 0 Å². The molecule has 2 atom stereocenters. The van der Waals surface area contributed by atoms with Crippen molar-refractivity contribution in [3.63, 3.8) is 0 Å². The van der Waals surface area contributed by atoms with Crippen LogP contribution in [0.2, 0.25) is 0 Å². The van der Waals surface area contributed by atoms with Crippen LogP contribution in [-0.2, 0) is 14.3 Å². The number of hydrogen-bond acceptors (Lipinski definition) is 3. The van der Waals surface area contributed by atoms with Crippen LogP contribution < -0.4 is 0 Å². The Kier molecular flexibility index (Phi) is 1.40. The van der Waals surface area contributed by atoms with Crippen LogP contribution in [-0.4, -0.2) is 28.7 Å². The maximum Gasteiger partial charge on any atom is 0.201 e. The second kappa shape index (κ2) is 1.98. The molecule has 3 nitrogen and oxygen atoms in total. The number of hydrogen-bond donors (Lipinski definition) is 0. The Morgan fingerprint density at radius 3 is 1.85 bits per heavy atom. The Balaban J connectivity index is 2.44. The molecule has 0 radical (unpaired) electrons. The minimum atomic E-state index is -0.700. The zero-order chi connectivity index (χ0) is 10.1. The van der Waals surface area contributed by atoms with E-state index in [4.69, 9.17) is 9.47 Å². The van der Waals surface area contributed by atoms with Crippen LogP contribution in [0.5, 0.6) is 0 Å². The number of Topliss-reactive ketones (excluding diaryl/α,β-unsaturated/α-hetero) is 1. The summed E-state index contributed by atoms with van der Waals surface area (Å²) < 4.78 is 11.2. The molecule has 0 bridgehead atoms. The van der Waals surface area contributed by atoms with Crippen LogP contribution in [0.25, 0.3) is 0 Å². The molecule has 0 saturated carbocycles. The minimum Gasteiger partial charge on any atom is -0.358 e. The molecule has 74 valence electrons. The van der Waals surface area contributed by atoms with E-state index in [0.29, 0.717) is 0 Å². The van der Waals surface area contributed by atoms with Crippen LogP contribution >= 0.6 is 0 Å². The molecule has 2 rings (SSSR count). The topological polar surface area (TPSA) is 38.8 Å². The molecule has 0 aromatic heterocycles. The Morgan fingerprint density at radius 1 is 1.23 bits per heavy atom. The lowest BCUT2D eigenvalue weighted by atomic mass is 9.83. The predicted octanol–water partition coefficient (Wildman–Crippen LogP) is 1.30. The van der Waals surface area contributed by atoms with Crippen LogP contribution in [0.4, 0.5) is 0 Å². The fraction of sp³-hybridized carbons (Fsp3) is 0.900. The van der Waals surface area contributed by atoms with Gasteiger partial charge in [0.2, 0.25) is 5.78 Å². The van der Waals surface area contributed by atoms with Crippen molar-refractivity contribution in [1.29, 1.82) is 0 Å². The van der Waals surface area contributed by atoms with Gasteiger partial charge >= 0.3 is 0 Å². The minimum absolute atomic E-state index is 0.00299. The van der Waals surface area contributed by atoms with E-state index in [0.717, 1.165) is 0 Å². The molecule has 0 aromatic rings. The molecule has 2 saturated heterocycles. The first-order valence-corrected chi connectivity index (χ1v) is 4.67. The van der Waals surface area contributed by atoms with Crippen LogP contribution in [0.15, 0.2) is 0 Å². The van der Waals surface area contributed by atoms with Gasteiger partial charge in [0.1, 0.15) is 11.2 Å². The lowest BCUT2D eigenvalue weighted by Crippen LogP contribution is -2.42. The Hall–Kier alpha value is -0.410. The van der Waals surface area contributed by atoms with Gasteiger partial charge in [-0.05, 0) is 34.6 Å². The van der Waals surface area contributed by atoms with Gasteiger partial charge in [-0.1, -0.05) is 0 Å². The van der Waals surface area contributed by atoms with E-state index >= 15 is 0 Å². The fourth-order valence-corrected chi connectivity index (χ4v) is 2.60. The first-order chi connectivity index (χ1) is 5.74. The second-order valence-electron chi connectivity index (χ2n) is 4.95. The molecule has 0 N–H and O–H groups in total. The second-order valence-corrected chi connectivity index (χ2v) is 4.95. The Labute approximate surface area is 78.4 Å². The molecule has 2 heterocycles. The van der Waals surface area contributed by atoms with E-state index in [-0.39, 0.29) is 11.9 Å². The van der Waals surface area contributed by atoms with Gasteiger partial charge in [-0.25, -0.2) is 0 Å². The SMILES string of the molecule is CC1OC12C(=O)C(C)(C)OC2(C)C. The average Bonchev–Trinajstić information content (AvgIpc) is 2.56. The molecule has 2 fully saturated rings. The third kappa shape index (κ3) is 0.842. The summed E-state index contributed by atoms with van der Waals surface area (Å²) in [6.45, 7) is 9.37. The summed E-state index contributed by atoms with van der Waals surface area (Å²) in [7, 11) is 0. The van der Waals surface area contributed by atoms with Gasteiger partial charge in [0, 0.05) is 0 Å². The van der Waals surface area contributed by atoms with Crippen molar-refractivity contribution in [3.8, 4) is 0 Å². The van der Waals surface area contributed by atoms with Crippen LogP contribution in [0.1, 0.15) is 34.6 Å². The molecule has 0 aliphatic carbocycles. The number of carbonyl (C=O) groups excluding carboxylic acids is 1. The molecule has 0 amide bonds. The highest BCUT2D eigenvalue weighted by atomic mass is 16.7. The van der Waals surface area contributed by atoms with Gasteiger partial charge in [-0.2, -0.15) is 0 Å². The molecule has 1 spiro atoms. The summed E-state index contributed by atoms with van der Waals surface area (Å²) in [6, 6.07) is 0. The zero-order valence-electron chi connectivity index (χ0n) is 8.80. The molecule has 0 aromatic carbocycles. The number of epoxide rings is 1. The van der Waals surface area contributed by atoms with Crippen LogP contribution in [0, 0.1) is 0 Å². The smallest absolute Gasteiger partial charge is 0.201 e. The van der Waals surface area contributed by atoms with Gasteiger partial charge in [-0.15, -0.1) is 0 Å². The lowest BCUT2D eigenvalue weighted by molar-refractivity contribution is -0.132. The monoisotopic (exact) mass is 184 g/mol. The van der Waals surface area contributed by atoms with E-state index in [1.54, 1.807) is 13.8 Å². The molecule has 13 heavy (non-hydrogen) atoms. The molecular formula is C10H16O3. The van der Waals surface area contributed by atoms with E-state index in [1.165, 1.54) is 0 Å². The van der Waals surface area contributed by atoms with Gasteiger partial charge in [-0.3, -0.25) is 4.79 Å². The Morgan fingerprint density at radius 2 is 1.69 bits per heavy atom. The summed E-state index contributed by atoms with van der Waals surface area (Å²) in [5, 5.41) is 0. The summed E-state index contributed by atoms with van der Waals surface area (Å²) in [5.41, 5.74) is -1.86. The molecule has 2 aliphatic heterocycles. The maximum absolute atomic E-state index is 12.0. The third-order valence-corrected chi connectivity index (χ3v) is 3.17. The van der Waals surface area contributed by atoms with E-state index in [9.17, 15) is 4.79 Å². The highest BCUT2D eigenvalue weighted by Crippen LogP contribution is 2.56. The highest BCUT2D eigenvalue weighted by molar-refractivity contribution is 6.00. The first-order valence-electron chi connectivity index (χ1n) is 4.67. The van der Waals surface area contributed by atoms with Crippen LogP contribution in [0.3, 0.4) is 0 Å². The number of ketones is 1. The van der Waals surface area contributed by atoms with Gasteiger partial charge < -0.3 is 9.47 Å². The third-order valence-electron chi connectivity index (χ3n) is 3.17. The number of ether oxygens (including phenoxy) is 2. The summed E-state index contributed by atoms with van der Waals surface area (Å²) in [4.78, 5) is 12.0. The van der Waals surface area contributed by atoms with Crippen molar-refractivity contribution in [2.24, 2.45) is 0 Å². The average molecular weight is 184 g/mol.